The Morgan fingerprint density at radius 2 is 1.00 bits per heavy atom. The number of para-hydroxylation sites is 2. The molecule has 3 nitrogen and oxygen atoms in total. The lowest BCUT2D eigenvalue weighted by molar-refractivity contribution is 0.470. The largest absolute Gasteiger partial charge is 0.380 e. The van der Waals surface area contributed by atoms with E-state index < -0.39 is 0 Å². The van der Waals surface area contributed by atoms with Crippen LogP contribution in [-0.2, 0) is 25.7 Å². The fourth-order valence-electron chi connectivity index (χ4n) is 8.31. The van der Waals surface area contributed by atoms with Crippen LogP contribution < -0.4 is 16.0 Å². The minimum absolute atomic E-state index is 0.0377. The van der Waals surface area contributed by atoms with E-state index in [4.69, 9.17) is 11.6 Å². The number of anilines is 5. The predicted molar refractivity (Wildman–Crippen MR) is 230 cm³/mol. The molecule has 0 bridgehead atoms. The standard InChI is InChI=1S/C49H54ClN3/c1-5-33-15-13-16-34(6-2)48(33)51-39-27-23-37(24-28-39)47(38-25-29-40(30-26-38)52-49-35(7-3)17-14-18-36(49)8-4)43-31-32-45(42-20-10-9-19-41(42)43)53-46-22-12-11-21-44(46)50/h9-10,13-20,23-32,44,46-47,51-53H,5-8,11-12,21-22H2,1-4H3. The van der Waals surface area contributed by atoms with Crippen LogP contribution in [0.2, 0.25) is 0 Å². The fraction of sp³-hybridized carbons (Fsp3) is 0.306. The van der Waals surface area contributed by atoms with Crippen LogP contribution in [0.15, 0.2) is 121 Å². The molecule has 2 atom stereocenters. The van der Waals surface area contributed by atoms with Crippen molar-refractivity contribution in [3.05, 3.63) is 160 Å². The number of nitrogens with one attached hydrogen (secondary N) is 3. The Hall–Kier alpha value is -4.73. The van der Waals surface area contributed by atoms with Crippen molar-refractivity contribution in [2.75, 3.05) is 16.0 Å². The van der Waals surface area contributed by atoms with Gasteiger partial charge in [-0.2, -0.15) is 0 Å². The summed E-state index contributed by atoms with van der Waals surface area (Å²) in [5.74, 6) is 0.0377. The monoisotopic (exact) mass is 719 g/mol. The highest BCUT2D eigenvalue weighted by Gasteiger charge is 2.25. The predicted octanol–water partition coefficient (Wildman–Crippen LogP) is 13.7. The van der Waals surface area contributed by atoms with Crippen LogP contribution in [0.5, 0.6) is 0 Å². The third kappa shape index (κ3) is 7.97. The number of hydrogen-bond donors (Lipinski definition) is 3. The Balaban J connectivity index is 1.28. The summed E-state index contributed by atoms with van der Waals surface area (Å²) in [5, 5.41) is 14.1. The molecule has 0 aromatic heterocycles. The Morgan fingerprint density at radius 1 is 0.528 bits per heavy atom. The van der Waals surface area contributed by atoms with Crippen LogP contribution >= 0.6 is 11.6 Å². The minimum atomic E-state index is 0.0377. The Morgan fingerprint density at radius 3 is 1.47 bits per heavy atom. The quantitative estimate of drug-likeness (QED) is 0.0821. The van der Waals surface area contributed by atoms with E-state index in [1.807, 2.05) is 0 Å². The van der Waals surface area contributed by atoms with E-state index in [1.165, 1.54) is 79.6 Å². The maximum Gasteiger partial charge on any atom is 0.0537 e. The Labute approximate surface area is 322 Å². The second-order valence-electron chi connectivity index (χ2n) is 14.5. The molecule has 0 amide bonds. The van der Waals surface area contributed by atoms with Gasteiger partial charge in [-0.3, -0.25) is 0 Å². The van der Waals surface area contributed by atoms with Crippen LogP contribution in [0, 0.1) is 0 Å². The molecule has 0 heterocycles. The van der Waals surface area contributed by atoms with Gasteiger partial charge in [0.15, 0.2) is 0 Å². The maximum absolute atomic E-state index is 6.85. The van der Waals surface area contributed by atoms with Gasteiger partial charge in [0.2, 0.25) is 0 Å². The lowest BCUT2D eigenvalue weighted by atomic mass is 9.82. The molecule has 1 aliphatic rings. The lowest BCUT2D eigenvalue weighted by Crippen LogP contribution is -2.32. The van der Waals surface area contributed by atoms with Crippen LogP contribution in [-0.4, -0.2) is 11.4 Å². The molecule has 4 heteroatoms. The first-order valence-corrected chi connectivity index (χ1v) is 20.3. The summed E-state index contributed by atoms with van der Waals surface area (Å²) in [6.45, 7) is 8.92. The second kappa shape index (κ2) is 16.9. The average Bonchev–Trinajstić information content (AvgIpc) is 3.20. The average molecular weight is 720 g/mol. The van der Waals surface area contributed by atoms with Gasteiger partial charge in [-0.05, 0) is 113 Å². The number of fused-ring (bicyclic) bond motifs is 1. The number of halogens is 1. The third-order valence-electron chi connectivity index (χ3n) is 11.3. The molecular formula is C49H54ClN3. The molecule has 1 fully saturated rings. The van der Waals surface area contributed by atoms with Gasteiger partial charge in [0.1, 0.15) is 0 Å². The highest BCUT2D eigenvalue weighted by atomic mass is 35.5. The van der Waals surface area contributed by atoms with Gasteiger partial charge in [0, 0.05) is 45.8 Å². The molecule has 53 heavy (non-hydrogen) atoms. The maximum atomic E-state index is 6.85. The molecule has 7 rings (SSSR count). The zero-order valence-corrected chi connectivity index (χ0v) is 32.6. The van der Waals surface area contributed by atoms with Gasteiger partial charge in [-0.15, -0.1) is 11.6 Å². The van der Waals surface area contributed by atoms with Crippen LogP contribution in [0.3, 0.4) is 0 Å². The van der Waals surface area contributed by atoms with Crippen molar-refractivity contribution in [3.8, 4) is 0 Å². The number of aryl methyl sites for hydroxylation is 4. The number of benzene rings is 6. The molecule has 2 unspecified atom stereocenters. The number of alkyl halides is 1. The zero-order chi connectivity index (χ0) is 36.7. The summed E-state index contributed by atoms with van der Waals surface area (Å²) in [5.41, 5.74) is 15.1. The summed E-state index contributed by atoms with van der Waals surface area (Å²) in [4.78, 5) is 0. The van der Waals surface area contributed by atoms with Crippen LogP contribution in [0.1, 0.15) is 98.2 Å². The van der Waals surface area contributed by atoms with Gasteiger partial charge < -0.3 is 16.0 Å². The minimum Gasteiger partial charge on any atom is -0.380 e. The van der Waals surface area contributed by atoms with Crippen LogP contribution in [0.25, 0.3) is 10.8 Å². The molecule has 1 aliphatic carbocycles. The van der Waals surface area contributed by atoms with E-state index in [0.29, 0.717) is 0 Å². The number of rotatable bonds is 13. The molecular weight excluding hydrogens is 666 g/mol. The summed E-state index contributed by atoms with van der Waals surface area (Å²) < 4.78 is 0. The fourth-order valence-corrected chi connectivity index (χ4v) is 8.66. The smallest absolute Gasteiger partial charge is 0.0537 e. The Bertz CT molecular complexity index is 1990. The van der Waals surface area contributed by atoms with E-state index in [-0.39, 0.29) is 17.3 Å². The first-order chi connectivity index (χ1) is 26.0. The molecule has 3 N–H and O–H groups in total. The molecule has 1 saturated carbocycles. The second-order valence-corrected chi connectivity index (χ2v) is 15.1. The van der Waals surface area contributed by atoms with Crippen molar-refractivity contribution in [1.29, 1.82) is 0 Å². The molecule has 0 aliphatic heterocycles. The summed E-state index contributed by atoms with van der Waals surface area (Å²) in [6.07, 6.45) is 8.60. The first kappa shape index (κ1) is 36.6. The molecule has 6 aromatic rings. The summed E-state index contributed by atoms with van der Waals surface area (Å²) in [7, 11) is 0. The summed E-state index contributed by atoms with van der Waals surface area (Å²) in [6, 6.07) is 45.3. The normalized spacial score (nSPS) is 15.8. The van der Waals surface area contributed by atoms with Crippen molar-refractivity contribution >= 4 is 50.8 Å². The van der Waals surface area contributed by atoms with Crippen molar-refractivity contribution in [1.82, 2.24) is 0 Å². The number of hydrogen-bond acceptors (Lipinski definition) is 3. The van der Waals surface area contributed by atoms with Crippen LogP contribution in [0.4, 0.5) is 28.4 Å². The molecule has 0 spiro atoms. The highest BCUT2D eigenvalue weighted by Crippen LogP contribution is 2.41. The third-order valence-corrected chi connectivity index (χ3v) is 11.8. The van der Waals surface area contributed by atoms with E-state index in [9.17, 15) is 0 Å². The zero-order valence-electron chi connectivity index (χ0n) is 31.8. The van der Waals surface area contributed by atoms with E-state index in [2.05, 4.69) is 165 Å². The van der Waals surface area contributed by atoms with Gasteiger partial charge in [-0.1, -0.05) is 132 Å². The topological polar surface area (TPSA) is 36.1 Å². The van der Waals surface area contributed by atoms with Gasteiger partial charge in [0.05, 0.1) is 5.38 Å². The van der Waals surface area contributed by atoms with Crippen molar-refractivity contribution in [2.45, 2.75) is 96.4 Å². The van der Waals surface area contributed by atoms with Gasteiger partial charge >= 0.3 is 0 Å². The van der Waals surface area contributed by atoms with Gasteiger partial charge in [-0.25, -0.2) is 0 Å². The van der Waals surface area contributed by atoms with Crippen molar-refractivity contribution in [2.24, 2.45) is 0 Å². The molecule has 0 radical (unpaired) electrons. The first-order valence-electron chi connectivity index (χ1n) is 19.9. The Kier molecular flexibility index (Phi) is 11.7. The highest BCUT2D eigenvalue weighted by molar-refractivity contribution is 6.21. The van der Waals surface area contributed by atoms with Gasteiger partial charge in [0.25, 0.3) is 0 Å². The van der Waals surface area contributed by atoms with E-state index >= 15 is 0 Å². The van der Waals surface area contributed by atoms with E-state index in [1.54, 1.807) is 0 Å². The SMILES string of the molecule is CCc1cccc(CC)c1Nc1ccc(C(c2ccc(Nc3c(CC)cccc3CC)cc2)c2ccc(NC3CCCCC3Cl)c3ccccc23)cc1. The molecule has 6 aromatic carbocycles. The summed E-state index contributed by atoms with van der Waals surface area (Å²) >= 11 is 6.85. The van der Waals surface area contributed by atoms with E-state index in [0.717, 1.165) is 49.9 Å². The molecule has 0 saturated heterocycles. The molecule has 272 valence electrons. The van der Waals surface area contributed by atoms with Crippen molar-refractivity contribution in [3.63, 3.8) is 0 Å². The lowest BCUT2D eigenvalue weighted by Gasteiger charge is -2.30. The van der Waals surface area contributed by atoms with Crippen molar-refractivity contribution < 1.29 is 0 Å².